The summed E-state index contributed by atoms with van der Waals surface area (Å²) < 4.78 is 0. The summed E-state index contributed by atoms with van der Waals surface area (Å²) in [6.45, 7) is 5.93. The smallest absolute Gasteiger partial charge is 0.240 e. The zero-order valence-corrected chi connectivity index (χ0v) is 11.6. The number of carbonyl (C=O) groups excluding carboxylic acids is 1. The highest BCUT2D eigenvalue weighted by molar-refractivity contribution is 5.94. The third-order valence-electron chi connectivity index (χ3n) is 3.42. The van der Waals surface area contributed by atoms with Crippen LogP contribution in [0.1, 0.15) is 6.92 Å². The molecule has 1 aromatic rings. The third-order valence-corrected chi connectivity index (χ3v) is 3.42. The number of hydrogen-bond donors (Lipinski definition) is 2. The van der Waals surface area contributed by atoms with Crippen LogP contribution in [0.2, 0.25) is 0 Å². The quantitative estimate of drug-likeness (QED) is 0.843. The minimum Gasteiger partial charge on any atom is -0.369 e. The summed E-state index contributed by atoms with van der Waals surface area (Å²) in [5.41, 5.74) is 7.51. The first-order valence-electron chi connectivity index (χ1n) is 6.66. The minimum atomic E-state index is -0.489. The molecule has 0 aliphatic carbocycles. The lowest BCUT2D eigenvalue weighted by molar-refractivity contribution is -0.117. The molecule has 19 heavy (non-hydrogen) atoms. The first-order valence-corrected chi connectivity index (χ1v) is 6.66. The second kappa shape index (κ2) is 6.04. The SMILES string of the molecule is C[C@H](N)C(=O)Nc1ccc(N2CCN(C)CC2)cc1. The molecule has 1 heterocycles. The summed E-state index contributed by atoms with van der Waals surface area (Å²) >= 11 is 0. The summed E-state index contributed by atoms with van der Waals surface area (Å²) in [6.07, 6.45) is 0. The Bertz CT molecular complexity index is 422. The second-order valence-corrected chi connectivity index (χ2v) is 5.12. The molecule has 1 aromatic carbocycles. The first-order chi connectivity index (χ1) is 9.06. The van der Waals surface area contributed by atoms with E-state index in [2.05, 4.69) is 22.2 Å². The number of piperazine rings is 1. The van der Waals surface area contributed by atoms with Crippen LogP contribution in [0.25, 0.3) is 0 Å². The Balaban J connectivity index is 1.96. The number of rotatable bonds is 3. The number of carbonyl (C=O) groups is 1. The molecule has 5 nitrogen and oxygen atoms in total. The fourth-order valence-electron chi connectivity index (χ4n) is 2.08. The molecule has 0 bridgehead atoms. The molecule has 2 rings (SSSR count). The summed E-state index contributed by atoms with van der Waals surface area (Å²) in [5, 5.41) is 2.79. The molecule has 0 aromatic heterocycles. The van der Waals surface area contributed by atoms with Gasteiger partial charge in [0.15, 0.2) is 0 Å². The van der Waals surface area contributed by atoms with Gasteiger partial charge in [0.05, 0.1) is 6.04 Å². The third kappa shape index (κ3) is 3.68. The zero-order valence-electron chi connectivity index (χ0n) is 11.6. The molecular weight excluding hydrogens is 240 g/mol. The van der Waals surface area contributed by atoms with Gasteiger partial charge in [0.1, 0.15) is 0 Å². The van der Waals surface area contributed by atoms with Crippen LogP contribution in [0.3, 0.4) is 0 Å². The van der Waals surface area contributed by atoms with E-state index in [-0.39, 0.29) is 5.91 Å². The fraction of sp³-hybridized carbons (Fsp3) is 0.500. The highest BCUT2D eigenvalue weighted by Crippen LogP contribution is 2.19. The van der Waals surface area contributed by atoms with Crippen LogP contribution < -0.4 is 16.0 Å². The highest BCUT2D eigenvalue weighted by Gasteiger charge is 2.14. The van der Waals surface area contributed by atoms with E-state index >= 15 is 0 Å². The number of anilines is 2. The van der Waals surface area contributed by atoms with Crippen LogP contribution in [-0.4, -0.2) is 50.1 Å². The van der Waals surface area contributed by atoms with Gasteiger partial charge in [-0.25, -0.2) is 0 Å². The summed E-state index contributed by atoms with van der Waals surface area (Å²) in [4.78, 5) is 16.2. The van der Waals surface area contributed by atoms with Crippen molar-refractivity contribution in [2.24, 2.45) is 5.73 Å². The lowest BCUT2D eigenvalue weighted by Gasteiger charge is -2.34. The van der Waals surface area contributed by atoms with E-state index in [9.17, 15) is 4.79 Å². The molecule has 1 amide bonds. The number of nitrogens with zero attached hydrogens (tertiary/aromatic N) is 2. The van der Waals surface area contributed by atoms with Crippen molar-refractivity contribution in [3.8, 4) is 0 Å². The number of nitrogens with one attached hydrogen (secondary N) is 1. The van der Waals surface area contributed by atoms with Gasteiger partial charge in [0, 0.05) is 37.6 Å². The first kappa shape index (κ1) is 13.8. The molecule has 1 aliphatic heterocycles. The van der Waals surface area contributed by atoms with Gasteiger partial charge >= 0.3 is 0 Å². The number of amides is 1. The Hall–Kier alpha value is -1.59. The molecule has 5 heteroatoms. The van der Waals surface area contributed by atoms with Gasteiger partial charge < -0.3 is 20.9 Å². The molecule has 1 atom stereocenters. The maximum Gasteiger partial charge on any atom is 0.240 e. The molecule has 1 fully saturated rings. The number of benzene rings is 1. The largest absolute Gasteiger partial charge is 0.369 e. The zero-order chi connectivity index (χ0) is 13.8. The van der Waals surface area contributed by atoms with Crippen molar-refractivity contribution in [3.63, 3.8) is 0 Å². The minimum absolute atomic E-state index is 0.160. The Morgan fingerprint density at radius 2 is 1.79 bits per heavy atom. The van der Waals surface area contributed by atoms with Gasteiger partial charge in [0.25, 0.3) is 0 Å². The number of likely N-dealkylation sites (N-methyl/N-ethyl adjacent to an activating group) is 1. The summed E-state index contributed by atoms with van der Waals surface area (Å²) in [6, 6.07) is 7.45. The summed E-state index contributed by atoms with van der Waals surface area (Å²) in [5.74, 6) is -0.160. The van der Waals surface area contributed by atoms with E-state index < -0.39 is 6.04 Å². The molecule has 0 unspecified atom stereocenters. The Morgan fingerprint density at radius 1 is 1.21 bits per heavy atom. The Morgan fingerprint density at radius 3 is 2.32 bits per heavy atom. The van der Waals surface area contributed by atoms with Crippen molar-refractivity contribution in [1.29, 1.82) is 0 Å². The van der Waals surface area contributed by atoms with Crippen molar-refractivity contribution in [3.05, 3.63) is 24.3 Å². The van der Waals surface area contributed by atoms with Gasteiger partial charge in [-0.2, -0.15) is 0 Å². The maximum absolute atomic E-state index is 11.5. The molecular formula is C14H22N4O. The normalized spacial score (nSPS) is 18.2. The van der Waals surface area contributed by atoms with Gasteiger partial charge in [-0.05, 0) is 38.2 Å². The van der Waals surface area contributed by atoms with Crippen molar-refractivity contribution >= 4 is 17.3 Å². The van der Waals surface area contributed by atoms with Gasteiger partial charge in [-0.3, -0.25) is 4.79 Å². The molecule has 0 radical (unpaired) electrons. The topological polar surface area (TPSA) is 61.6 Å². The van der Waals surface area contributed by atoms with Crippen molar-refractivity contribution < 1.29 is 4.79 Å². The molecule has 0 saturated carbocycles. The summed E-state index contributed by atoms with van der Waals surface area (Å²) in [7, 11) is 2.14. The van der Waals surface area contributed by atoms with Crippen LogP contribution >= 0.6 is 0 Å². The van der Waals surface area contributed by atoms with Crippen LogP contribution in [0.5, 0.6) is 0 Å². The number of nitrogens with two attached hydrogens (primary N) is 1. The molecule has 0 spiro atoms. The molecule has 1 saturated heterocycles. The predicted octanol–water partition coefficient (Wildman–Crippen LogP) is 0.724. The van der Waals surface area contributed by atoms with E-state index in [4.69, 9.17) is 5.73 Å². The number of hydrogen-bond acceptors (Lipinski definition) is 4. The molecule has 1 aliphatic rings. The van der Waals surface area contributed by atoms with E-state index in [1.54, 1.807) is 6.92 Å². The molecule has 3 N–H and O–H groups in total. The van der Waals surface area contributed by atoms with Crippen LogP contribution in [0.15, 0.2) is 24.3 Å². The van der Waals surface area contributed by atoms with E-state index in [0.29, 0.717) is 0 Å². The lowest BCUT2D eigenvalue weighted by atomic mass is 10.2. The van der Waals surface area contributed by atoms with Gasteiger partial charge in [-0.15, -0.1) is 0 Å². The van der Waals surface area contributed by atoms with Crippen molar-refractivity contribution in [2.45, 2.75) is 13.0 Å². The van der Waals surface area contributed by atoms with E-state index in [0.717, 1.165) is 31.9 Å². The van der Waals surface area contributed by atoms with Crippen LogP contribution in [0.4, 0.5) is 11.4 Å². The molecule has 104 valence electrons. The Labute approximate surface area is 114 Å². The standard InChI is InChI=1S/C14H22N4O/c1-11(15)14(19)16-12-3-5-13(6-4-12)18-9-7-17(2)8-10-18/h3-6,11H,7-10,15H2,1-2H3,(H,16,19)/t11-/m0/s1. The average Bonchev–Trinajstić information content (AvgIpc) is 2.40. The van der Waals surface area contributed by atoms with Crippen molar-refractivity contribution in [1.82, 2.24) is 4.90 Å². The van der Waals surface area contributed by atoms with Crippen LogP contribution in [0, 0.1) is 0 Å². The second-order valence-electron chi connectivity index (χ2n) is 5.12. The average molecular weight is 262 g/mol. The van der Waals surface area contributed by atoms with E-state index in [1.165, 1.54) is 5.69 Å². The van der Waals surface area contributed by atoms with Crippen molar-refractivity contribution in [2.75, 3.05) is 43.4 Å². The Kier molecular flexibility index (Phi) is 4.39. The highest BCUT2D eigenvalue weighted by atomic mass is 16.2. The lowest BCUT2D eigenvalue weighted by Crippen LogP contribution is -2.44. The van der Waals surface area contributed by atoms with Gasteiger partial charge in [0.2, 0.25) is 5.91 Å². The predicted molar refractivity (Wildman–Crippen MR) is 78.4 cm³/mol. The van der Waals surface area contributed by atoms with E-state index in [1.807, 2.05) is 24.3 Å². The fourth-order valence-corrected chi connectivity index (χ4v) is 2.08. The van der Waals surface area contributed by atoms with Crippen LogP contribution in [-0.2, 0) is 4.79 Å². The van der Waals surface area contributed by atoms with Gasteiger partial charge in [-0.1, -0.05) is 0 Å². The maximum atomic E-state index is 11.5. The monoisotopic (exact) mass is 262 g/mol.